The minimum atomic E-state index is -0.806. The third kappa shape index (κ3) is 3.14. The Balaban J connectivity index is 2.09. The van der Waals surface area contributed by atoms with E-state index in [1.165, 1.54) is 35.4 Å². The molecule has 5 nitrogen and oxygen atoms in total. The lowest BCUT2D eigenvalue weighted by Crippen LogP contribution is -2.32. The van der Waals surface area contributed by atoms with Crippen molar-refractivity contribution < 1.29 is 23.5 Å². The van der Waals surface area contributed by atoms with Crippen molar-refractivity contribution in [3.63, 3.8) is 0 Å². The molecule has 1 aromatic heterocycles. The molecule has 1 aliphatic rings. The maximum absolute atomic E-state index is 13.4. The molecule has 0 radical (unpaired) electrons. The fraction of sp³-hybridized carbons (Fsp3) is 0.300. The van der Waals surface area contributed by atoms with Crippen molar-refractivity contribution in [2.75, 3.05) is 0 Å². The van der Waals surface area contributed by atoms with Gasteiger partial charge in [-0.1, -0.05) is 32.9 Å². The molecule has 1 aromatic carbocycles. The van der Waals surface area contributed by atoms with Gasteiger partial charge in [0.2, 0.25) is 0 Å². The minimum Gasteiger partial charge on any atom is -0.503 e. The SMILES string of the molecule is CC(C)(C)C(=O)C1=C(O)C(=O)N(Cc2ccco2)C1c1ccc(F)cc1. The van der Waals surface area contributed by atoms with Crippen molar-refractivity contribution in [1.82, 2.24) is 4.90 Å². The van der Waals surface area contributed by atoms with Crippen LogP contribution in [0.5, 0.6) is 0 Å². The van der Waals surface area contributed by atoms with E-state index in [4.69, 9.17) is 4.42 Å². The van der Waals surface area contributed by atoms with Gasteiger partial charge in [-0.3, -0.25) is 9.59 Å². The second-order valence-corrected chi connectivity index (χ2v) is 7.31. The van der Waals surface area contributed by atoms with E-state index >= 15 is 0 Å². The number of aliphatic hydroxyl groups is 1. The van der Waals surface area contributed by atoms with Crippen LogP contribution in [-0.2, 0) is 16.1 Å². The minimum absolute atomic E-state index is 0.0284. The van der Waals surface area contributed by atoms with Crippen LogP contribution >= 0.6 is 0 Å². The number of carbonyl (C=O) groups excluding carboxylic acids is 2. The number of benzene rings is 1. The summed E-state index contributed by atoms with van der Waals surface area (Å²) in [5, 5.41) is 10.4. The van der Waals surface area contributed by atoms with Crippen LogP contribution in [0.3, 0.4) is 0 Å². The van der Waals surface area contributed by atoms with Crippen molar-refractivity contribution in [3.8, 4) is 0 Å². The number of Topliss-reactive ketones (excluding diaryl/α,β-unsaturated/α-hetero) is 1. The third-order valence-electron chi connectivity index (χ3n) is 4.32. The number of nitrogens with zero attached hydrogens (tertiary/aromatic N) is 1. The molecular weight excluding hydrogens is 337 g/mol. The number of amides is 1. The van der Waals surface area contributed by atoms with Gasteiger partial charge < -0.3 is 14.4 Å². The van der Waals surface area contributed by atoms with Gasteiger partial charge in [-0.05, 0) is 29.8 Å². The molecule has 1 aliphatic heterocycles. The summed E-state index contributed by atoms with van der Waals surface area (Å²) in [6, 6.07) is 8.14. The summed E-state index contributed by atoms with van der Waals surface area (Å²) in [4.78, 5) is 27.0. The molecule has 1 amide bonds. The summed E-state index contributed by atoms with van der Waals surface area (Å²) in [5.74, 6) is -1.45. The van der Waals surface area contributed by atoms with E-state index in [1.54, 1.807) is 32.9 Å². The Morgan fingerprint density at radius 1 is 1.23 bits per heavy atom. The monoisotopic (exact) mass is 357 g/mol. The Hall–Kier alpha value is -2.89. The highest BCUT2D eigenvalue weighted by Gasteiger charge is 2.46. The number of aliphatic hydroxyl groups excluding tert-OH is 1. The number of hydrogen-bond donors (Lipinski definition) is 1. The molecule has 1 N–H and O–H groups in total. The molecule has 1 atom stereocenters. The number of furan rings is 1. The van der Waals surface area contributed by atoms with E-state index in [1.807, 2.05) is 0 Å². The first-order valence-electron chi connectivity index (χ1n) is 8.27. The maximum atomic E-state index is 13.4. The number of rotatable bonds is 4. The van der Waals surface area contributed by atoms with Gasteiger partial charge >= 0.3 is 0 Å². The summed E-state index contributed by atoms with van der Waals surface area (Å²) in [5.41, 5.74) is -0.216. The van der Waals surface area contributed by atoms with Crippen LogP contribution in [0.4, 0.5) is 4.39 Å². The second-order valence-electron chi connectivity index (χ2n) is 7.31. The normalized spacial score (nSPS) is 17.9. The maximum Gasteiger partial charge on any atom is 0.290 e. The zero-order chi connectivity index (χ0) is 19.1. The molecule has 26 heavy (non-hydrogen) atoms. The fourth-order valence-electron chi connectivity index (χ4n) is 3.01. The van der Waals surface area contributed by atoms with Crippen LogP contribution in [0.25, 0.3) is 0 Å². The molecule has 0 aliphatic carbocycles. The van der Waals surface area contributed by atoms with Gasteiger partial charge in [-0.25, -0.2) is 4.39 Å². The van der Waals surface area contributed by atoms with Crippen molar-refractivity contribution in [3.05, 3.63) is 71.1 Å². The molecule has 136 valence electrons. The first-order valence-corrected chi connectivity index (χ1v) is 8.27. The lowest BCUT2D eigenvalue weighted by atomic mass is 9.82. The number of carbonyl (C=O) groups is 2. The first kappa shape index (κ1) is 17.9. The van der Waals surface area contributed by atoms with E-state index in [2.05, 4.69) is 0 Å². The van der Waals surface area contributed by atoms with E-state index in [-0.39, 0.29) is 17.9 Å². The molecule has 2 aromatic rings. The predicted molar refractivity (Wildman–Crippen MR) is 92.5 cm³/mol. The Kier molecular flexibility index (Phi) is 4.44. The van der Waals surface area contributed by atoms with Crippen LogP contribution in [0, 0.1) is 11.2 Å². The highest BCUT2D eigenvalue weighted by Crippen LogP contribution is 2.41. The van der Waals surface area contributed by atoms with Crippen molar-refractivity contribution in [2.24, 2.45) is 5.41 Å². The smallest absolute Gasteiger partial charge is 0.290 e. The summed E-state index contributed by atoms with van der Waals surface area (Å²) in [7, 11) is 0. The highest BCUT2D eigenvalue weighted by molar-refractivity contribution is 6.10. The van der Waals surface area contributed by atoms with Crippen LogP contribution < -0.4 is 0 Å². The molecule has 2 heterocycles. The summed E-state index contributed by atoms with van der Waals surface area (Å²) >= 11 is 0. The number of hydrogen-bond acceptors (Lipinski definition) is 4. The average molecular weight is 357 g/mol. The molecular formula is C20H20FNO4. The Morgan fingerprint density at radius 2 is 1.88 bits per heavy atom. The number of ketones is 1. The lowest BCUT2D eigenvalue weighted by Gasteiger charge is -2.28. The zero-order valence-corrected chi connectivity index (χ0v) is 14.8. The van der Waals surface area contributed by atoms with Gasteiger partial charge in [0.15, 0.2) is 11.5 Å². The van der Waals surface area contributed by atoms with E-state index in [0.717, 1.165) is 0 Å². The molecule has 0 spiro atoms. The second kappa shape index (κ2) is 6.44. The van der Waals surface area contributed by atoms with E-state index in [9.17, 15) is 19.1 Å². The van der Waals surface area contributed by atoms with E-state index in [0.29, 0.717) is 11.3 Å². The topological polar surface area (TPSA) is 70.8 Å². The van der Waals surface area contributed by atoms with Crippen LogP contribution in [0.15, 0.2) is 58.4 Å². The quantitative estimate of drug-likeness (QED) is 0.900. The van der Waals surface area contributed by atoms with Crippen LogP contribution in [0.1, 0.15) is 38.1 Å². The van der Waals surface area contributed by atoms with Crippen molar-refractivity contribution in [1.29, 1.82) is 0 Å². The molecule has 1 unspecified atom stereocenters. The molecule has 3 rings (SSSR count). The molecule has 0 saturated heterocycles. The van der Waals surface area contributed by atoms with Gasteiger partial charge in [-0.2, -0.15) is 0 Å². The van der Waals surface area contributed by atoms with Gasteiger partial charge in [0.1, 0.15) is 11.6 Å². The molecule has 0 bridgehead atoms. The first-order chi connectivity index (χ1) is 12.2. The summed E-state index contributed by atoms with van der Waals surface area (Å²) < 4.78 is 18.7. The third-order valence-corrected chi connectivity index (χ3v) is 4.32. The zero-order valence-electron chi connectivity index (χ0n) is 14.8. The molecule has 0 fully saturated rings. The Labute approximate surface area is 150 Å². The Bertz CT molecular complexity index is 860. The van der Waals surface area contributed by atoms with Gasteiger partial charge in [0.25, 0.3) is 5.91 Å². The van der Waals surface area contributed by atoms with Gasteiger partial charge in [-0.15, -0.1) is 0 Å². The average Bonchev–Trinajstić information content (AvgIpc) is 3.17. The van der Waals surface area contributed by atoms with Crippen molar-refractivity contribution in [2.45, 2.75) is 33.4 Å². The molecule has 6 heteroatoms. The predicted octanol–water partition coefficient (Wildman–Crippen LogP) is 3.93. The lowest BCUT2D eigenvalue weighted by molar-refractivity contribution is -0.130. The summed E-state index contributed by atoms with van der Waals surface area (Å²) in [6.07, 6.45) is 1.48. The number of halogens is 1. The van der Waals surface area contributed by atoms with Gasteiger partial charge in [0.05, 0.1) is 24.4 Å². The van der Waals surface area contributed by atoms with E-state index < -0.39 is 28.9 Å². The highest BCUT2D eigenvalue weighted by atomic mass is 19.1. The molecule has 0 saturated carbocycles. The Morgan fingerprint density at radius 3 is 2.42 bits per heavy atom. The van der Waals surface area contributed by atoms with Crippen LogP contribution in [-0.4, -0.2) is 21.7 Å². The summed E-state index contributed by atoms with van der Waals surface area (Å²) in [6.45, 7) is 5.24. The van der Waals surface area contributed by atoms with Crippen LogP contribution in [0.2, 0.25) is 0 Å². The standard InChI is InChI=1S/C20H20FNO4/c1-20(2,3)18(24)15-16(12-6-8-13(21)9-7-12)22(19(25)17(15)23)11-14-5-4-10-26-14/h4-10,16,23H,11H2,1-3H3. The largest absolute Gasteiger partial charge is 0.503 e. The van der Waals surface area contributed by atoms with Crippen molar-refractivity contribution >= 4 is 11.7 Å². The van der Waals surface area contributed by atoms with Gasteiger partial charge in [0, 0.05) is 5.41 Å². The fourth-order valence-corrected chi connectivity index (χ4v) is 3.01.